The molecule has 7 nitrogen and oxygen atoms in total. The van der Waals surface area contributed by atoms with Gasteiger partial charge in [0.25, 0.3) is 0 Å². The van der Waals surface area contributed by atoms with Gasteiger partial charge in [0.15, 0.2) is 0 Å². The van der Waals surface area contributed by atoms with Gasteiger partial charge in [-0.3, -0.25) is 9.69 Å². The number of rotatable bonds is 6. The second-order valence-electron chi connectivity index (χ2n) is 8.09. The molecule has 29 heavy (non-hydrogen) atoms. The van der Waals surface area contributed by atoms with E-state index in [-0.39, 0.29) is 30.4 Å². The standard InChI is InChI=1S/C19H26F3N3O4/c1-18(2,3)29-16(26)8-24-12-4-5-25(10-12)9-11-6-15(23)13(17(27)28)7-14(11)19(20,21)22/h6-7,12,24H,4-5,8-10,23H2,1-3H3,(H,27,28)/t12-/m1/s1. The third-order valence-corrected chi connectivity index (χ3v) is 4.43. The van der Waals surface area contributed by atoms with Gasteiger partial charge < -0.3 is 20.9 Å². The number of nitrogen functional groups attached to an aromatic ring is 1. The van der Waals surface area contributed by atoms with Gasteiger partial charge in [-0.15, -0.1) is 0 Å². The number of benzene rings is 1. The molecular weight excluding hydrogens is 391 g/mol. The number of nitrogens with two attached hydrogens (primary N) is 1. The minimum Gasteiger partial charge on any atom is -0.478 e. The predicted octanol–water partition coefficient (Wildman–Crippen LogP) is 2.49. The molecule has 0 bridgehead atoms. The Morgan fingerprint density at radius 2 is 1.97 bits per heavy atom. The number of likely N-dealkylation sites (tertiary alicyclic amines) is 1. The first kappa shape index (κ1) is 23.0. The van der Waals surface area contributed by atoms with Gasteiger partial charge >= 0.3 is 18.1 Å². The van der Waals surface area contributed by atoms with E-state index < -0.39 is 34.8 Å². The molecule has 0 saturated carbocycles. The van der Waals surface area contributed by atoms with Gasteiger partial charge in [0.05, 0.1) is 17.7 Å². The Hall–Kier alpha value is -2.33. The van der Waals surface area contributed by atoms with Crippen LogP contribution in [0.5, 0.6) is 0 Å². The first-order chi connectivity index (χ1) is 13.3. The lowest BCUT2D eigenvalue weighted by atomic mass is 10.0. The van der Waals surface area contributed by atoms with Gasteiger partial charge in [-0.25, -0.2) is 4.79 Å². The SMILES string of the molecule is CC(C)(C)OC(=O)CN[C@@H]1CCN(Cc2cc(N)c(C(=O)O)cc2C(F)(F)F)C1. The zero-order valence-corrected chi connectivity index (χ0v) is 16.6. The molecule has 0 aromatic heterocycles. The summed E-state index contributed by atoms with van der Waals surface area (Å²) in [4.78, 5) is 24.7. The van der Waals surface area contributed by atoms with E-state index in [1.165, 1.54) is 0 Å². The van der Waals surface area contributed by atoms with Crippen molar-refractivity contribution in [3.8, 4) is 0 Å². The van der Waals surface area contributed by atoms with E-state index in [1.807, 2.05) is 0 Å². The molecule has 1 aromatic carbocycles. The Balaban J connectivity index is 2.03. The van der Waals surface area contributed by atoms with Crippen molar-refractivity contribution in [2.24, 2.45) is 0 Å². The second kappa shape index (κ2) is 8.58. The number of hydrogen-bond donors (Lipinski definition) is 3. The molecule has 1 atom stereocenters. The molecule has 4 N–H and O–H groups in total. The molecular formula is C19H26F3N3O4. The quantitative estimate of drug-likeness (QED) is 0.482. The lowest BCUT2D eigenvalue weighted by Gasteiger charge is -2.22. The Bertz CT molecular complexity index is 775. The van der Waals surface area contributed by atoms with E-state index in [1.54, 1.807) is 25.7 Å². The summed E-state index contributed by atoms with van der Waals surface area (Å²) < 4.78 is 45.4. The average Bonchev–Trinajstić information content (AvgIpc) is 2.97. The van der Waals surface area contributed by atoms with Crippen molar-refractivity contribution in [1.82, 2.24) is 10.2 Å². The van der Waals surface area contributed by atoms with Crippen molar-refractivity contribution in [2.75, 3.05) is 25.4 Å². The van der Waals surface area contributed by atoms with Crippen molar-refractivity contribution in [1.29, 1.82) is 0 Å². The van der Waals surface area contributed by atoms with Crippen molar-refractivity contribution >= 4 is 17.6 Å². The maximum absolute atomic E-state index is 13.4. The van der Waals surface area contributed by atoms with Gasteiger partial charge in [0, 0.05) is 31.4 Å². The molecule has 2 rings (SSSR count). The molecule has 0 unspecified atom stereocenters. The Morgan fingerprint density at radius 1 is 1.31 bits per heavy atom. The number of aromatic carboxylic acids is 1. The highest BCUT2D eigenvalue weighted by Gasteiger charge is 2.36. The maximum atomic E-state index is 13.4. The van der Waals surface area contributed by atoms with Gasteiger partial charge in [-0.05, 0) is 44.9 Å². The number of carboxylic acid groups (broad SMARTS) is 1. The summed E-state index contributed by atoms with van der Waals surface area (Å²) in [6.07, 6.45) is -4.03. The molecule has 0 aliphatic carbocycles. The van der Waals surface area contributed by atoms with Crippen LogP contribution in [0.15, 0.2) is 12.1 Å². The predicted molar refractivity (Wildman–Crippen MR) is 100 cm³/mol. The van der Waals surface area contributed by atoms with Gasteiger partial charge in [-0.1, -0.05) is 0 Å². The maximum Gasteiger partial charge on any atom is 0.416 e. The van der Waals surface area contributed by atoms with E-state index in [0.717, 1.165) is 6.07 Å². The second-order valence-corrected chi connectivity index (χ2v) is 8.09. The first-order valence-corrected chi connectivity index (χ1v) is 9.16. The van der Waals surface area contributed by atoms with E-state index in [9.17, 15) is 22.8 Å². The highest BCUT2D eigenvalue weighted by molar-refractivity contribution is 5.94. The Labute approximate surface area is 167 Å². The lowest BCUT2D eigenvalue weighted by molar-refractivity contribution is -0.153. The van der Waals surface area contributed by atoms with Crippen molar-refractivity contribution < 1.29 is 32.6 Å². The molecule has 1 fully saturated rings. The van der Waals surface area contributed by atoms with Crippen molar-refractivity contribution in [3.63, 3.8) is 0 Å². The fourth-order valence-electron chi connectivity index (χ4n) is 3.23. The lowest BCUT2D eigenvalue weighted by Crippen LogP contribution is -2.38. The molecule has 0 radical (unpaired) electrons. The Morgan fingerprint density at radius 3 is 2.52 bits per heavy atom. The number of hydrogen-bond acceptors (Lipinski definition) is 6. The normalized spacial score (nSPS) is 18.1. The van der Waals surface area contributed by atoms with Gasteiger partial charge in [0.1, 0.15) is 5.60 Å². The number of nitrogens with one attached hydrogen (secondary N) is 1. The topological polar surface area (TPSA) is 105 Å². The van der Waals surface area contributed by atoms with Crippen LogP contribution in [0.2, 0.25) is 0 Å². The number of halogens is 3. The zero-order chi connectivity index (χ0) is 22.0. The summed E-state index contributed by atoms with van der Waals surface area (Å²) in [6.45, 7) is 6.27. The summed E-state index contributed by atoms with van der Waals surface area (Å²) in [5.74, 6) is -1.90. The van der Waals surface area contributed by atoms with Crippen LogP contribution < -0.4 is 11.1 Å². The molecule has 10 heteroatoms. The molecule has 1 aliphatic rings. The summed E-state index contributed by atoms with van der Waals surface area (Å²) in [5.41, 5.74) is 3.19. The number of nitrogens with zero attached hydrogens (tertiary/aromatic N) is 1. The third kappa shape index (κ3) is 6.60. The van der Waals surface area contributed by atoms with Crippen LogP contribution >= 0.6 is 0 Å². The van der Waals surface area contributed by atoms with Crippen LogP contribution in [0.4, 0.5) is 18.9 Å². The van der Waals surface area contributed by atoms with E-state index in [0.29, 0.717) is 25.6 Å². The third-order valence-electron chi connectivity index (χ3n) is 4.43. The summed E-state index contributed by atoms with van der Waals surface area (Å²) >= 11 is 0. The monoisotopic (exact) mass is 417 g/mol. The smallest absolute Gasteiger partial charge is 0.416 e. The fraction of sp³-hybridized carbons (Fsp3) is 0.579. The van der Waals surface area contributed by atoms with Gasteiger partial charge in [-0.2, -0.15) is 13.2 Å². The van der Waals surface area contributed by atoms with E-state index >= 15 is 0 Å². The number of carbonyl (C=O) groups is 2. The van der Waals surface area contributed by atoms with Crippen LogP contribution in [-0.2, 0) is 22.3 Å². The summed E-state index contributed by atoms with van der Waals surface area (Å²) in [7, 11) is 0. The fourth-order valence-corrected chi connectivity index (χ4v) is 3.23. The number of carboxylic acids is 1. The number of ether oxygens (including phenoxy) is 1. The number of esters is 1. The number of carbonyl (C=O) groups excluding carboxylic acids is 1. The van der Waals surface area contributed by atoms with Crippen molar-refractivity contribution in [3.05, 3.63) is 28.8 Å². The minimum absolute atomic E-state index is 0.0177. The molecule has 1 saturated heterocycles. The van der Waals surface area contributed by atoms with Crippen LogP contribution in [0.25, 0.3) is 0 Å². The highest BCUT2D eigenvalue weighted by Crippen LogP contribution is 2.35. The molecule has 162 valence electrons. The summed E-state index contributed by atoms with van der Waals surface area (Å²) in [6, 6.07) is 1.60. The van der Waals surface area contributed by atoms with Crippen LogP contribution in [0, 0.1) is 0 Å². The van der Waals surface area contributed by atoms with Crippen molar-refractivity contribution in [2.45, 2.75) is 51.6 Å². The van der Waals surface area contributed by atoms with Gasteiger partial charge in [0.2, 0.25) is 0 Å². The van der Waals surface area contributed by atoms with Crippen LogP contribution in [-0.4, -0.2) is 53.2 Å². The highest BCUT2D eigenvalue weighted by atomic mass is 19.4. The molecule has 1 heterocycles. The zero-order valence-electron chi connectivity index (χ0n) is 16.6. The molecule has 1 aliphatic heterocycles. The number of alkyl halides is 3. The van der Waals surface area contributed by atoms with Crippen LogP contribution in [0.1, 0.15) is 48.7 Å². The van der Waals surface area contributed by atoms with E-state index in [2.05, 4.69) is 5.32 Å². The summed E-state index contributed by atoms with van der Waals surface area (Å²) in [5, 5.41) is 12.1. The Kier molecular flexibility index (Phi) is 6.79. The number of anilines is 1. The first-order valence-electron chi connectivity index (χ1n) is 9.16. The van der Waals surface area contributed by atoms with E-state index in [4.69, 9.17) is 15.6 Å². The average molecular weight is 417 g/mol. The molecule has 1 aromatic rings. The van der Waals surface area contributed by atoms with Crippen LogP contribution in [0.3, 0.4) is 0 Å². The molecule has 0 amide bonds. The minimum atomic E-state index is -4.69. The largest absolute Gasteiger partial charge is 0.478 e. The molecule has 0 spiro atoms.